The van der Waals surface area contributed by atoms with Gasteiger partial charge < -0.3 is 0 Å². The van der Waals surface area contributed by atoms with Crippen LogP contribution in [-0.2, 0) is 0 Å². The third-order valence-electron chi connectivity index (χ3n) is 5.43. The van der Waals surface area contributed by atoms with Gasteiger partial charge in [0.1, 0.15) is 0 Å². The average Bonchev–Trinajstić information content (AvgIpc) is 2.83. The van der Waals surface area contributed by atoms with Crippen LogP contribution in [0.15, 0.2) is 121 Å². The van der Waals surface area contributed by atoms with Gasteiger partial charge in [0.15, 0.2) is 0 Å². The number of rotatable bonds is 6. The number of benzene rings is 4. The van der Waals surface area contributed by atoms with Crippen LogP contribution in [0.25, 0.3) is 0 Å². The Labute approximate surface area is 199 Å². The Bertz CT molecular complexity index is 1120. The maximum absolute atomic E-state index is 8.06. The van der Waals surface area contributed by atoms with E-state index in [-0.39, 0.29) is 0 Å². The van der Waals surface area contributed by atoms with Gasteiger partial charge in [-0.2, -0.15) is 0 Å². The molecule has 0 aromatic heterocycles. The lowest BCUT2D eigenvalue weighted by Crippen LogP contribution is -2.40. The van der Waals surface area contributed by atoms with Gasteiger partial charge in [-0.3, -0.25) is 0 Å². The SMILES string of the molecule is C[Si](C)(C)C(P(c1ccccc1)c1ccccc1)=P(Cl)(c1ccccc1)c1ccccc1. The zero-order valence-electron chi connectivity index (χ0n) is 18.8. The Hall–Kier alpha value is -1.88. The van der Waals surface area contributed by atoms with Crippen molar-refractivity contribution in [1.29, 1.82) is 0 Å². The van der Waals surface area contributed by atoms with Gasteiger partial charge in [0, 0.05) is 6.24 Å². The minimum Gasteiger partial charge on any atom is -0.0879 e. The molecule has 0 saturated heterocycles. The van der Waals surface area contributed by atoms with Crippen LogP contribution >= 0.6 is 25.4 Å². The van der Waals surface area contributed by atoms with E-state index in [2.05, 4.69) is 141 Å². The summed E-state index contributed by atoms with van der Waals surface area (Å²) in [6.45, 7) is 7.39. The summed E-state index contributed by atoms with van der Waals surface area (Å²) in [5.41, 5.74) is 0. The zero-order chi connectivity index (χ0) is 22.6. The van der Waals surface area contributed by atoms with Crippen molar-refractivity contribution in [2.24, 2.45) is 0 Å². The Morgan fingerprint density at radius 2 is 0.875 bits per heavy atom. The Balaban J connectivity index is 2.19. The van der Waals surface area contributed by atoms with Crippen LogP contribution in [0.3, 0.4) is 0 Å². The molecular formula is C28H29ClP2Si. The molecule has 4 aromatic rings. The van der Waals surface area contributed by atoms with Gasteiger partial charge in [0.2, 0.25) is 0 Å². The molecule has 0 saturated carbocycles. The summed E-state index contributed by atoms with van der Waals surface area (Å²) in [6, 6.07) is 43.6. The van der Waals surface area contributed by atoms with Crippen LogP contribution in [-0.4, -0.2) is 12.7 Å². The summed E-state index contributed by atoms with van der Waals surface area (Å²) in [5, 5.41) is 5.26. The van der Waals surface area contributed by atoms with Crippen LogP contribution in [0.4, 0.5) is 0 Å². The third kappa shape index (κ3) is 4.73. The molecule has 4 rings (SSSR count). The third-order valence-corrected chi connectivity index (χ3v) is 21.1. The van der Waals surface area contributed by atoms with Crippen molar-refractivity contribution in [3.63, 3.8) is 0 Å². The molecule has 0 atom stereocenters. The Morgan fingerprint density at radius 3 is 1.19 bits per heavy atom. The maximum Gasteiger partial charge on any atom is 0.0814 e. The standard InChI is InChI=1S/C28H29ClP2Si/c1-32(2,3)28(30(24-16-8-4-9-17-24)25-18-10-5-11-19-25)31(29,26-20-12-6-13-21-26)27-22-14-7-15-23-27/h4-23H,1-3H3. The van der Waals surface area contributed by atoms with Gasteiger partial charge in [-0.15, -0.1) is 0 Å². The molecule has 0 nitrogen and oxygen atoms in total. The minimum atomic E-state index is -2.31. The lowest BCUT2D eigenvalue weighted by atomic mass is 10.4. The molecule has 0 unspecified atom stereocenters. The molecule has 0 radical (unpaired) electrons. The molecular weight excluding hydrogens is 462 g/mol. The number of hydrogen-bond donors (Lipinski definition) is 0. The largest absolute Gasteiger partial charge is 0.0879 e. The summed E-state index contributed by atoms with van der Waals surface area (Å²) < 4.78 is 1.58. The van der Waals surface area contributed by atoms with E-state index >= 15 is 0 Å². The van der Waals surface area contributed by atoms with Gasteiger partial charge in [0.05, 0.1) is 8.07 Å². The van der Waals surface area contributed by atoms with Crippen LogP contribution in [0, 0.1) is 0 Å². The van der Waals surface area contributed by atoms with E-state index in [1.54, 1.807) is 4.66 Å². The summed E-state index contributed by atoms with van der Waals surface area (Å²) >= 11 is 8.06. The first-order valence-electron chi connectivity index (χ1n) is 10.9. The minimum absolute atomic E-state index is 0.742. The van der Waals surface area contributed by atoms with Crippen LogP contribution in [0.1, 0.15) is 0 Å². The monoisotopic (exact) mass is 490 g/mol. The van der Waals surface area contributed by atoms with Crippen molar-refractivity contribution >= 4 is 59.4 Å². The predicted octanol–water partition coefficient (Wildman–Crippen LogP) is 6.95. The van der Waals surface area contributed by atoms with Crippen LogP contribution in [0.2, 0.25) is 19.6 Å². The van der Waals surface area contributed by atoms with E-state index in [0.29, 0.717) is 0 Å². The van der Waals surface area contributed by atoms with Gasteiger partial charge >= 0.3 is 0 Å². The molecule has 0 spiro atoms. The molecule has 0 amide bonds. The van der Waals surface area contributed by atoms with Gasteiger partial charge in [0.25, 0.3) is 0 Å². The highest BCUT2D eigenvalue weighted by Gasteiger charge is 2.38. The summed E-state index contributed by atoms with van der Waals surface area (Å²) in [7, 11) is -2.60. The Morgan fingerprint density at radius 1 is 0.562 bits per heavy atom. The smallest absolute Gasteiger partial charge is 0.0814 e. The zero-order valence-corrected chi connectivity index (χ0v) is 22.4. The van der Waals surface area contributed by atoms with E-state index < -0.39 is 22.2 Å². The van der Waals surface area contributed by atoms with Gasteiger partial charge in [-0.05, 0) is 33.8 Å². The normalized spacial score (nSPS) is 12.0. The first-order valence-corrected chi connectivity index (χ1v) is 18.4. The second-order valence-corrected chi connectivity index (χ2v) is 21.4. The summed E-state index contributed by atoms with van der Waals surface area (Å²) in [5.74, 6) is 0. The topological polar surface area (TPSA) is 0 Å². The number of halogens is 1. The van der Waals surface area contributed by atoms with E-state index in [9.17, 15) is 0 Å². The van der Waals surface area contributed by atoms with Crippen molar-refractivity contribution in [2.75, 3.05) is 0 Å². The predicted molar refractivity (Wildman–Crippen MR) is 152 cm³/mol. The lowest BCUT2D eigenvalue weighted by Gasteiger charge is -2.38. The highest BCUT2D eigenvalue weighted by atomic mass is 35.7. The lowest BCUT2D eigenvalue weighted by molar-refractivity contribution is 1.75. The summed E-state index contributed by atoms with van der Waals surface area (Å²) in [4.78, 5) is 0. The fourth-order valence-corrected chi connectivity index (χ4v) is 21.9. The Kier molecular flexibility index (Phi) is 7.23. The first kappa shape index (κ1) is 23.3. The van der Waals surface area contributed by atoms with Gasteiger partial charge in [-0.1, -0.05) is 152 Å². The first-order chi connectivity index (χ1) is 15.4. The molecule has 4 heteroatoms. The van der Waals surface area contributed by atoms with Crippen molar-refractivity contribution in [1.82, 2.24) is 0 Å². The molecule has 0 fully saturated rings. The summed E-state index contributed by atoms with van der Waals surface area (Å²) in [6.07, 6.45) is -2.31. The maximum atomic E-state index is 8.06. The molecule has 32 heavy (non-hydrogen) atoms. The van der Waals surface area contributed by atoms with Crippen molar-refractivity contribution in [3.05, 3.63) is 121 Å². The molecule has 0 aliphatic rings. The molecule has 0 N–H and O–H groups in total. The average molecular weight is 491 g/mol. The van der Waals surface area contributed by atoms with Crippen molar-refractivity contribution in [2.45, 2.75) is 19.6 Å². The van der Waals surface area contributed by atoms with Crippen LogP contribution in [0.5, 0.6) is 0 Å². The number of hydrogen-bond acceptors (Lipinski definition) is 0. The fraction of sp³-hybridized carbons (Fsp3) is 0.107. The molecule has 0 aliphatic carbocycles. The second kappa shape index (κ2) is 9.94. The van der Waals surface area contributed by atoms with Crippen molar-refractivity contribution in [3.8, 4) is 0 Å². The molecule has 0 bridgehead atoms. The quantitative estimate of drug-likeness (QED) is 0.203. The van der Waals surface area contributed by atoms with E-state index in [0.717, 1.165) is 0 Å². The van der Waals surface area contributed by atoms with Crippen molar-refractivity contribution < 1.29 is 0 Å². The highest BCUT2D eigenvalue weighted by molar-refractivity contribution is 8.22. The fourth-order valence-electron chi connectivity index (χ4n) is 4.14. The van der Waals surface area contributed by atoms with E-state index in [1.165, 1.54) is 21.2 Å². The molecule has 162 valence electrons. The second-order valence-electron chi connectivity index (χ2n) is 8.84. The van der Waals surface area contributed by atoms with Crippen LogP contribution < -0.4 is 21.2 Å². The molecule has 4 aromatic carbocycles. The molecule has 0 aliphatic heterocycles. The molecule has 0 heterocycles. The highest BCUT2D eigenvalue weighted by Crippen LogP contribution is 2.61. The van der Waals surface area contributed by atoms with Gasteiger partial charge in [-0.25, -0.2) is 0 Å². The van der Waals surface area contributed by atoms with E-state index in [1.807, 2.05) is 0 Å². The van der Waals surface area contributed by atoms with E-state index in [4.69, 9.17) is 11.2 Å².